The fraction of sp³-hybridized carbons (Fsp3) is 0.353. The molecule has 1 aromatic rings. The topological polar surface area (TPSA) is 46.5 Å². The highest BCUT2D eigenvalue weighted by molar-refractivity contribution is 14.1. The summed E-state index contributed by atoms with van der Waals surface area (Å²) in [5.41, 5.74) is 3.28. The van der Waals surface area contributed by atoms with E-state index in [1.54, 1.807) is 12.1 Å². The number of halogens is 2. The zero-order chi connectivity index (χ0) is 15.4. The molecule has 0 amide bonds. The molecular weight excluding hydrogens is 396 g/mol. The van der Waals surface area contributed by atoms with Crippen molar-refractivity contribution in [3.8, 4) is 0 Å². The number of Topliss-reactive ketones (excluding diaryl/α,β-unsaturated/α-hetero) is 2. The second-order valence-corrected chi connectivity index (χ2v) is 7.14. The van der Waals surface area contributed by atoms with E-state index in [4.69, 9.17) is 0 Å². The Kier molecular flexibility index (Phi) is 3.29. The van der Waals surface area contributed by atoms with Crippen LogP contribution in [0.25, 0.3) is 0 Å². The normalized spacial score (nSPS) is 27.1. The number of carbonyl (C=O) groups excluding carboxylic acids is 2. The summed E-state index contributed by atoms with van der Waals surface area (Å²) < 4.78 is 14.1. The number of allylic oxidation sites excluding steroid dienone is 2. The molecule has 5 heteroatoms. The van der Waals surface area contributed by atoms with Crippen LogP contribution in [0.3, 0.4) is 0 Å². The zero-order valence-electron chi connectivity index (χ0n) is 11.7. The largest absolute Gasteiger partial charge is 0.299 e. The van der Waals surface area contributed by atoms with Crippen molar-refractivity contribution in [2.24, 2.45) is 10.9 Å². The average molecular weight is 409 g/mol. The van der Waals surface area contributed by atoms with Gasteiger partial charge in [0.1, 0.15) is 11.6 Å². The van der Waals surface area contributed by atoms with E-state index in [0.717, 1.165) is 17.0 Å². The lowest BCUT2D eigenvalue weighted by molar-refractivity contribution is -0.120. The molecule has 4 rings (SSSR count). The molecule has 3 aliphatic rings. The molecule has 1 aromatic carbocycles. The lowest BCUT2D eigenvalue weighted by Crippen LogP contribution is -2.29. The Morgan fingerprint density at radius 3 is 2.68 bits per heavy atom. The molecule has 0 spiro atoms. The van der Waals surface area contributed by atoms with Gasteiger partial charge >= 0.3 is 0 Å². The van der Waals surface area contributed by atoms with Gasteiger partial charge in [0.05, 0.1) is 5.92 Å². The van der Waals surface area contributed by atoms with Crippen LogP contribution in [0.15, 0.2) is 34.5 Å². The Labute approximate surface area is 140 Å². The second-order valence-electron chi connectivity index (χ2n) is 5.98. The molecule has 2 atom stereocenters. The third-order valence-electron chi connectivity index (χ3n) is 4.76. The predicted molar refractivity (Wildman–Crippen MR) is 88.3 cm³/mol. The molecule has 1 fully saturated rings. The van der Waals surface area contributed by atoms with Gasteiger partial charge in [0.25, 0.3) is 0 Å². The van der Waals surface area contributed by atoms with E-state index in [0.29, 0.717) is 34.8 Å². The quantitative estimate of drug-likeness (QED) is 0.666. The van der Waals surface area contributed by atoms with Crippen LogP contribution in [0, 0.1) is 15.3 Å². The maximum Gasteiger partial charge on any atom is 0.161 e. The van der Waals surface area contributed by atoms with Gasteiger partial charge in [0.2, 0.25) is 0 Å². The van der Waals surface area contributed by atoms with Gasteiger partial charge in [-0.2, -0.15) is 0 Å². The number of rotatable bonds is 1. The molecule has 2 unspecified atom stereocenters. The summed E-state index contributed by atoms with van der Waals surface area (Å²) in [6.07, 6.45) is 2.31. The van der Waals surface area contributed by atoms with Crippen LogP contribution in [0.4, 0.5) is 4.39 Å². The van der Waals surface area contributed by atoms with Crippen molar-refractivity contribution in [1.82, 2.24) is 0 Å². The lowest BCUT2D eigenvalue weighted by Gasteiger charge is -2.28. The Morgan fingerprint density at radius 1 is 1.09 bits per heavy atom. The van der Waals surface area contributed by atoms with Gasteiger partial charge < -0.3 is 0 Å². The summed E-state index contributed by atoms with van der Waals surface area (Å²) in [6.45, 7) is 0. The standard InChI is InChI=1S/C17H13FINO2/c18-9-2-1-8(7-10(9)19)15-16-11(3-5-13(16)21)20-12-4-6-14(22)17(12)15/h1-2,7,15-16H,3-6H2. The van der Waals surface area contributed by atoms with E-state index >= 15 is 0 Å². The number of nitrogens with zero attached hydrogens (tertiary/aromatic N) is 1. The Hall–Kier alpha value is -1.37. The first-order valence-electron chi connectivity index (χ1n) is 7.37. The summed E-state index contributed by atoms with van der Waals surface area (Å²) in [4.78, 5) is 29.3. The molecule has 1 heterocycles. The van der Waals surface area contributed by atoms with Crippen molar-refractivity contribution < 1.29 is 14.0 Å². The maximum absolute atomic E-state index is 13.6. The van der Waals surface area contributed by atoms with Crippen molar-refractivity contribution in [1.29, 1.82) is 0 Å². The highest BCUT2D eigenvalue weighted by Gasteiger charge is 2.46. The number of fused-ring (bicyclic) bond motifs is 1. The zero-order valence-corrected chi connectivity index (χ0v) is 13.9. The van der Waals surface area contributed by atoms with Crippen molar-refractivity contribution in [2.75, 3.05) is 0 Å². The molecule has 0 N–H and O–H groups in total. The fourth-order valence-electron chi connectivity index (χ4n) is 3.79. The summed E-state index contributed by atoms with van der Waals surface area (Å²) >= 11 is 1.95. The monoisotopic (exact) mass is 409 g/mol. The number of benzene rings is 1. The predicted octanol–water partition coefficient (Wildman–Crippen LogP) is 3.56. The third-order valence-corrected chi connectivity index (χ3v) is 5.59. The van der Waals surface area contributed by atoms with Crippen LogP contribution < -0.4 is 0 Å². The first-order valence-corrected chi connectivity index (χ1v) is 8.45. The van der Waals surface area contributed by atoms with E-state index < -0.39 is 0 Å². The van der Waals surface area contributed by atoms with Crippen molar-refractivity contribution >= 4 is 39.9 Å². The summed E-state index contributed by atoms with van der Waals surface area (Å²) in [7, 11) is 0. The molecule has 2 aliphatic carbocycles. The highest BCUT2D eigenvalue weighted by Crippen LogP contribution is 2.47. The number of aliphatic imine (C=N–C) groups is 1. The molecular formula is C17H13FINO2. The molecule has 1 aliphatic heterocycles. The molecule has 1 saturated carbocycles. The van der Waals surface area contributed by atoms with E-state index in [1.165, 1.54) is 6.07 Å². The van der Waals surface area contributed by atoms with Crippen molar-refractivity contribution in [3.63, 3.8) is 0 Å². The molecule has 112 valence electrons. The van der Waals surface area contributed by atoms with Gasteiger partial charge in [-0.3, -0.25) is 14.6 Å². The number of carbonyl (C=O) groups is 2. The first-order chi connectivity index (χ1) is 10.6. The van der Waals surface area contributed by atoms with Gasteiger partial charge in [-0.1, -0.05) is 6.07 Å². The van der Waals surface area contributed by atoms with Crippen LogP contribution in [0.5, 0.6) is 0 Å². The number of hydrogen-bond acceptors (Lipinski definition) is 3. The summed E-state index contributed by atoms with van der Waals surface area (Å²) in [5, 5.41) is 0. The third kappa shape index (κ3) is 2.01. The Morgan fingerprint density at radius 2 is 1.91 bits per heavy atom. The number of ketones is 2. The first kappa shape index (κ1) is 14.2. The Balaban J connectivity index is 1.90. The molecule has 0 aromatic heterocycles. The minimum Gasteiger partial charge on any atom is -0.299 e. The SMILES string of the molecule is O=C1CCC2=C1C(c1ccc(F)c(I)c1)C1C(=O)CCC1=N2. The second kappa shape index (κ2) is 5.08. The molecule has 3 nitrogen and oxygen atoms in total. The van der Waals surface area contributed by atoms with Gasteiger partial charge in [0, 0.05) is 39.3 Å². The smallest absolute Gasteiger partial charge is 0.161 e. The van der Waals surface area contributed by atoms with Gasteiger partial charge in [0.15, 0.2) is 5.78 Å². The van der Waals surface area contributed by atoms with E-state index in [-0.39, 0.29) is 29.2 Å². The van der Waals surface area contributed by atoms with E-state index in [1.807, 2.05) is 22.6 Å². The van der Waals surface area contributed by atoms with Crippen LogP contribution in [-0.4, -0.2) is 17.3 Å². The summed E-state index contributed by atoms with van der Waals surface area (Å²) in [6, 6.07) is 4.87. The van der Waals surface area contributed by atoms with Crippen LogP contribution in [0.2, 0.25) is 0 Å². The van der Waals surface area contributed by atoms with Crippen LogP contribution in [0.1, 0.15) is 37.2 Å². The fourth-order valence-corrected chi connectivity index (χ4v) is 4.33. The minimum absolute atomic E-state index is 0.0850. The lowest BCUT2D eigenvalue weighted by atomic mass is 9.76. The van der Waals surface area contributed by atoms with E-state index in [9.17, 15) is 14.0 Å². The van der Waals surface area contributed by atoms with Crippen LogP contribution in [-0.2, 0) is 9.59 Å². The Bertz CT molecular complexity index is 781. The number of hydrogen-bond donors (Lipinski definition) is 0. The van der Waals surface area contributed by atoms with Crippen molar-refractivity contribution in [2.45, 2.75) is 31.6 Å². The summed E-state index contributed by atoms with van der Waals surface area (Å²) in [5.74, 6) is -0.654. The average Bonchev–Trinajstić information content (AvgIpc) is 3.05. The van der Waals surface area contributed by atoms with Gasteiger partial charge in [-0.05, 0) is 53.1 Å². The molecule has 0 bridgehead atoms. The highest BCUT2D eigenvalue weighted by atomic mass is 127. The van der Waals surface area contributed by atoms with Gasteiger partial charge in [-0.25, -0.2) is 4.39 Å². The molecule has 0 radical (unpaired) electrons. The molecule has 22 heavy (non-hydrogen) atoms. The van der Waals surface area contributed by atoms with E-state index in [2.05, 4.69) is 4.99 Å². The van der Waals surface area contributed by atoms with Gasteiger partial charge in [-0.15, -0.1) is 0 Å². The molecule has 0 saturated heterocycles. The van der Waals surface area contributed by atoms with Crippen LogP contribution >= 0.6 is 22.6 Å². The maximum atomic E-state index is 13.6. The minimum atomic E-state index is -0.331. The van der Waals surface area contributed by atoms with Crippen molar-refractivity contribution in [3.05, 3.63) is 44.4 Å².